The maximum atomic E-state index is 13.4. The number of hydrogen-bond acceptors (Lipinski definition) is 6. The summed E-state index contributed by atoms with van der Waals surface area (Å²) in [6.07, 6.45) is 6.00. The number of fused-ring (bicyclic) bond motifs is 1. The molecule has 1 amide bonds. The predicted molar refractivity (Wildman–Crippen MR) is 130 cm³/mol. The SMILES string of the molecule is C=CCn1c(SCC(=O)NC2(C#N)CCCCC2)nc2scc(-c3ccccc3)c2c1=O. The van der Waals surface area contributed by atoms with E-state index in [0.29, 0.717) is 34.8 Å². The number of rotatable bonds is 7. The van der Waals surface area contributed by atoms with Crippen LogP contribution < -0.4 is 10.9 Å². The van der Waals surface area contributed by atoms with Crippen molar-refractivity contribution in [3.8, 4) is 17.2 Å². The lowest BCUT2D eigenvalue weighted by Crippen LogP contribution is -2.49. The summed E-state index contributed by atoms with van der Waals surface area (Å²) in [5, 5.41) is 15.5. The molecule has 164 valence electrons. The van der Waals surface area contributed by atoms with E-state index in [0.717, 1.165) is 30.4 Å². The molecule has 0 spiro atoms. The van der Waals surface area contributed by atoms with Crippen LogP contribution in [0.1, 0.15) is 32.1 Å². The maximum absolute atomic E-state index is 13.4. The van der Waals surface area contributed by atoms with Crippen molar-refractivity contribution in [3.63, 3.8) is 0 Å². The molecule has 0 saturated heterocycles. The van der Waals surface area contributed by atoms with Crippen molar-refractivity contribution in [2.45, 2.75) is 49.3 Å². The Morgan fingerprint density at radius 1 is 1.31 bits per heavy atom. The minimum Gasteiger partial charge on any atom is -0.337 e. The summed E-state index contributed by atoms with van der Waals surface area (Å²) in [5.74, 6) is -0.121. The fourth-order valence-electron chi connectivity index (χ4n) is 4.09. The van der Waals surface area contributed by atoms with Crippen LogP contribution in [0.25, 0.3) is 21.3 Å². The molecule has 0 unspecified atom stereocenters. The van der Waals surface area contributed by atoms with Gasteiger partial charge in [0.05, 0.1) is 17.2 Å². The number of carbonyl (C=O) groups excluding carboxylic acids is 1. The third-order valence-corrected chi connectivity index (χ3v) is 7.54. The molecule has 0 aliphatic heterocycles. The number of benzene rings is 1. The number of hydrogen-bond donors (Lipinski definition) is 1. The van der Waals surface area contributed by atoms with Gasteiger partial charge in [-0.05, 0) is 18.4 Å². The summed E-state index contributed by atoms with van der Waals surface area (Å²) in [7, 11) is 0. The summed E-state index contributed by atoms with van der Waals surface area (Å²) in [6.45, 7) is 4.07. The highest BCUT2D eigenvalue weighted by molar-refractivity contribution is 7.99. The van der Waals surface area contributed by atoms with E-state index in [1.165, 1.54) is 23.1 Å². The molecule has 0 bridgehead atoms. The molecule has 0 radical (unpaired) electrons. The number of nitrogens with zero attached hydrogens (tertiary/aromatic N) is 3. The highest BCUT2D eigenvalue weighted by Crippen LogP contribution is 2.32. The highest BCUT2D eigenvalue weighted by Gasteiger charge is 2.33. The number of thioether (sulfide) groups is 1. The van der Waals surface area contributed by atoms with Crippen molar-refractivity contribution in [2.24, 2.45) is 0 Å². The van der Waals surface area contributed by atoms with Gasteiger partial charge in [0.1, 0.15) is 10.4 Å². The zero-order valence-corrected chi connectivity index (χ0v) is 19.3. The fourth-order valence-corrected chi connectivity index (χ4v) is 5.89. The molecule has 8 heteroatoms. The molecule has 2 aromatic heterocycles. The minimum absolute atomic E-state index is 0.0927. The van der Waals surface area contributed by atoms with Crippen LogP contribution in [-0.2, 0) is 11.3 Å². The molecule has 4 rings (SSSR count). The largest absolute Gasteiger partial charge is 0.337 e. The number of amides is 1. The molecule has 1 aromatic carbocycles. The Bertz CT molecular complexity index is 1230. The second-order valence-corrected chi connectivity index (χ2v) is 9.69. The summed E-state index contributed by atoms with van der Waals surface area (Å²) >= 11 is 2.64. The normalized spacial score (nSPS) is 15.2. The van der Waals surface area contributed by atoms with Gasteiger partial charge in [0.25, 0.3) is 5.56 Å². The quantitative estimate of drug-likeness (QED) is 0.310. The van der Waals surface area contributed by atoms with Gasteiger partial charge >= 0.3 is 0 Å². The van der Waals surface area contributed by atoms with Crippen molar-refractivity contribution in [2.75, 3.05) is 5.75 Å². The van der Waals surface area contributed by atoms with E-state index in [1.54, 1.807) is 10.6 Å². The lowest BCUT2D eigenvalue weighted by Gasteiger charge is -2.31. The van der Waals surface area contributed by atoms with Gasteiger partial charge in [0.15, 0.2) is 5.16 Å². The first-order valence-corrected chi connectivity index (χ1v) is 12.5. The Balaban J connectivity index is 1.61. The predicted octanol–water partition coefficient (Wildman–Crippen LogP) is 4.75. The zero-order valence-electron chi connectivity index (χ0n) is 17.7. The van der Waals surface area contributed by atoms with Crippen molar-refractivity contribution in [3.05, 3.63) is 58.7 Å². The topological polar surface area (TPSA) is 87.8 Å². The van der Waals surface area contributed by atoms with Gasteiger partial charge in [-0.3, -0.25) is 14.2 Å². The Labute approximate surface area is 195 Å². The summed E-state index contributed by atoms with van der Waals surface area (Å²) in [6, 6.07) is 12.1. The number of nitrogens with one attached hydrogen (secondary N) is 1. The highest BCUT2D eigenvalue weighted by atomic mass is 32.2. The van der Waals surface area contributed by atoms with E-state index >= 15 is 0 Å². The van der Waals surface area contributed by atoms with Crippen molar-refractivity contribution in [1.82, 2.24) is 14.9 Å². The van der Waals surface area contributed by atoms with Crippen LogP contribution in [0.3, 0.4) is 0 Å². The molecule has 32 heavy (non-hydrogen) atoms. The second kappa shape index (κ2) is 9.72. The third kappa shape index (κ3) is 4.50. The van der Waals surface area contributed by atoms with E-state index in [2.05, 4.69) is 18.0 Å². The van der Waals surface area contributed by atoms with Gasteiger partial charge < -0.3 is 5.32 Å². The van der Waals surface area contributed by atoms with Crippen LogP contribution in [-0.4, -0.2) is 26.8 Å². The lowest BCUT2D eigenvalue weighted by atomic mass is 9.83. The maximum Gasteiger partial charge on any atom is 0.263 e. The van der Waals surface area contributed by atoms with Crippen molar-refractivity contribution < 1.29 is 4.79 Å². The van der Waals surface area contributed by atoms with Crippen LogP contribution in [0.5, 0.6) is 0 Å². The van der Waals surface area contributed by atoms with Crippen LogP contribution in [0.15, 0.2) is 58.3 Å². The monoisotopic (exact) mass is 464 g/mol. The summed E-state index contributed by atoms with van der Waals surface area (Å²) < 4.78 is 1.56. The Morgan fingerprint density at radius 2 is 2.06 bits per heavy atom. The molecule has 1 saturated carbocycles. The third-order valence-electron chi connectivity index (χ3n) is 5.69. The molecular formula is C24H24N4O2S2. The smallest absolute Gasteiger partial charge is 0.263 e. The van der Waals surface area contributed by atoms with Crippen molar-refractivity contribution >= 4 is 39.2 Å². The standard InChI is InChI=1S/C24H24N4O2S2/c1-2-13-28-22(30)20-18(17-9-5-3-6-10-17)14-31-21(20)26-23(28)32-15-19(29)27-24(16-25)11-7-4-8-12-24/h2-3,5-6,9-10,14H,1,4,7-8,11-13,15H2,(H,27,29). The zero-order chi connectivity index (χ0) is 22.6. The van der Waals surface area contributed by atoms with Gasteiger partial charge in [-0.2, -0.15) is 5.26 Å². The number of nitriles is 1. The molecule has 1 aliphatic carbocycles. The molecule has 2 heterocycles. The van der Waals surface area contributed by atoms with Gasteiger partial charge in [-0.1, -0.05) is 67.4 Å². The molecular weight excluding hydrogens is 440 g/mol. The Morgan fingerprint density at radius 3 is 2.75 bits per heavy atom. The van der Waals surface area contributed by atoms with Gasteiger partial charge in [-0.15, -0.1) is 17.9 Å². The van der Waals surface area contributed by atoms with Crippen LogP contribution >= 0.6 is 23.1 Å². The fraction of sp³-hybridized carbons (Fsp3) is 0.333. The van der Waals surface area contributed by atoms with E-state index < -0.39 is 5.54 Å². The van der Waals surface area contributed by atoms with E-state index in [9.17, 15) is 14.9 Å². The Hall–Kier alpha value is -2.89. The molecule has 1 N–H and O–H groups in total. The first-order valence-electron chi connectivity index (χ1n) is 10.6. The van der Waals surface area contributed by atoms with E-state index in [-0.39, 0.29) is 17.2 Å². The second-order valence-electron chi connectivity index (χ2n) is 7.89. The molecule has 1 fully saturated rings. The van der Waals surface area contributed by atoms with E-state index in [4.69, 9.17) is 4.98 Å². The van der Waals surface area contributed by atoms with E-state index in [1.807, 2.05) is 35.7 Å². The average molecular weight is 465 g/mol. The van der Waals surface area contributed by atoms with Crippen LogP contribution in [0.4, 0.5) is 0 Å². The summed E-state index contributed by atoms with van der Waals surface area (Å²) in [5.41, 5.74) is 0.922. The average Bonchev–Trinajstić information content (AvgIpc) is 3.25. The lowest BCUT2D eigenvalue weighted by molar-refractivity contribution is -0.120. The number of carbonyl (C=O) groups is 1. The number of thiophene rings is 1. The van der Waals surface area contributed by atoms with Crippen LogP contribution in [0, 0.1) is 11.3 Å². The molecule has 0 atom stereocenters. The number of aromatic nitrogens is 2. The number of allylic oxidation sites excluding steroid dienone is 1. The summed E-state index contributed by atoms with van der Waals surface area (Å²) in [4.78, 5) is 31.4. The van der Waals surface area contributed by atoms with Crippen LogP contribution in [0.2, 0.25) is 0 Å². The molecule has 6 nitrogen and oxygen atoms in total. The first kappa shape index (κ1) is 22.3. The Kier molecular flexibility index (Phi) is 6.77. The van der Waals surface area contributed by atoms with Gasteiger partial charge in [-0.25, -0.2) is 4.98 Å². The molecule has 3 aromatic rings. The molecule has 1 aliphatic rings. The first-order chi connectivity index (χ1) is 15.6. The minimum atomic E-state index is -0.771. The van der Waals surface area contributed by atoms with Gasteiger partial charge in [0.2, 0.25) is 5.91 Å². The van der Waals surface area contributed by atoms with Crippen molar-refractivity contribution in [1.29, 1.82) is 5.26 Å². The van der Waals surface area contributed by atoms with Gasteiger partial charge in [0, 0.05) is 17.5 Å².